The van der Waals surface area contributed by atoms with Crippen molar-refractivity contribution < 1.29 is 19.1 Å². The van der Waals surface area contributed by atoms with E-state index in [9.17, 15) is 9.59 Å². The van der Waals surface area contributed by atoms with Gasteiger partial charge in [0.25, 0.3) is 11.1 Å². The van der Waals surface area contributed by atoms with Crippen molar-refractivity contribution >= 4 is 34.7 Å². The molecule has 3 aromatic rings. The van der Waals surface area contributed by atoms with Gasteiger partial charge in [-0.25, -0.2) is 9.97 Å². The Bertz CT molecular complexity index is 1430. The molecule has 0 bridgehead atoms. The van der Waals surface area contributed by atoms with Crippen molar-refractivity contribution in [3.05, 3.63) is 70.6 Å². The lowest BCUT2D eigenvalue weighted by molar-refractivity contribution is -0.115. The zero-order valence-electron chi connectivity index (χ0n) is 19.9. The summed E-state index contributed by atoms with van der Waals surface area (Å²) in [5, 5.41) is 11.0. The highest BCUT2D eigenvalue weighted by Crippen LogP contribution is 2.31. The van der Waals surface area contributed by atoms with Gasteiger partial charge in [0.15, 0.2) is 0 Å². The summed E-state index contributed by atoms with van der Waals surface area (Å²) in [4.78, 5) is 38.5. The summed E-state index contributed by atoms with van der Waals surface area (Å²) in [7, 11) is 0. The molecule has 0 atom stereocenters. The number of hydrogen-bond acceptors (Lipinski definition) is 10. The number of anilines is 1. The summed E-state index contributed by atoms with van der Waals surface area (Å²) >= 11 is 0.864. The van der Waals surface area contributed by atoms with Crippen LogP contribution in [0.1, 0.15) is 29.5 Å². The van der Waals surface area contributed by atoms with E-state index < -0.39 is 5.91 Å². The highest BCUT2D eigenvalue weighted by atomic mass is 32.2. The first-order valence-corrected chi connectivity index (χ1v) is 12.4. The minimum atomic E-state index is -0.409. The molecule has 0 unspecified atom stereocenters. The van der Waals surface area contributed by atoms with E-state index in [0.717, 1.165) is 48.9 Å². The van der Waals surface area contributed by atoms with Gasteiger partial charge in [0, 0.05) is 32.1 Å². The zero-order chi connectivity index (χ0) is 25.8. The van der Waals surface area contributed by atoms with E-state index in [0.29, 0.717) is 33.5 Å². The van der Waals surface area contributed by atoms with Gasteiger partial charge in [-0.3, -0.25) is 19.9 Å². The number of imide groups is 1. The Kier molecular flexibility index (Phi) is 7.00. The van der Waals surface area contributed by atoms with Crippen molar-refractivity contribution in [3.63, 3.8) is 0 Å². The Labute approximate surface area is 217 Å². The van der Waals surface area contributed by atoms with Crippen molar-refractivity contribution in [2.75, 3.05) is 18.0 Å². The molecule has 186 valence electrons. The Morgan fingerprint density at radius 3 is 2.73 bits per heavy atom. The molecule has 0 aliphatic carbocycles. The predicted molar refractivity (Wildman–Crippen MR) is 137 cm³/mol. The van der Waals surface area contributed by atoms with Gasteiger partial charge < -0.3 is 14.4 Å². The van der Waals surface area contributed by atoms with Crippen LogP contribution in [0.2, 0.25) is 0 Å². The van der Waals surface area contributed by atoms with Crippen LogP contribution in [0.15, 0.2) is 54.0 Å². The first-order valence-electron chi connectivity index (χ1n) is 11.6. The molecule has 2 aromatic heterocycles. The van der Waals surface area contributed by atoms with E-state index in [1.54, 1.807) is 36.7 Å². The first-order chi connectivity index (χ1) is 18.0. The van der Waals surface area contributed by atoms with Crippen LogP contribution in [0.3, 0.4) is 0 Å². The van der Waals surface area contributed by atoms with E-state index in [4.69, 9.17) is 14.7 Å². The topological polar surface area (TPSA) is 130 Å². The molecule has 0 saturated carbocycles. The number of nitrogens with one attached hydrogen (secondary N) is 1. The van der Waals surface area contributed by atoms with Gasteiger partial charge in [0.2, 0.25) is 11.8 Å². The molecule has 2 saturated heterocycles. The van der Waals surface area contributed by atoms with Crippen LogP contribution in [0.4, 0.5) is 10.5 Å². The molecule has 11 heteroatoms. The molecule has 2 fully saturated rings. The lowest BCUT2D eigenvalue weighted by Gasteiger charge is -2.33. The maximum Gasteiger partial charge on any atom is 0.290 e. The third kappa shape index (κ3) is 5.70. The van der Waals surface area contributed by atoms with E-state index in [-0.39, 0.29) is 11.3 Å². The maximum absolute atomic E-state index is 11.8. The Balaban J connectivity index is 1.23. The van der Waals surface area contributed by atoms with Crippen LogP contribution in [0, 0.1) is 18.3 Å². The second-order valence-electron chi connectivity index (χ2n) is 8.48. The van der Waals surface area contributed by atoms with Crippen molar-refractivity contribution in [2.24, 2.45) is 0 Å². The monoisotopic (exact) mass is 514 g/mol. The number of piperidine rings is 1. The standard InChI is InChI=1S/C26H22N6O4S/c1-16-24(35-20-5-7-32(8-6-20)19-9-18(12-27)13-28-14-19)29-15-30-25(16)36-21-4-2-3-17(10-21)11-22-23(33)31-26(34)37-22/h2-4,9-11,13-15,20H,5-8H2,1H3,(H,31,33,34)/b22-11-. The smallest absolute Gasteiger partial charge is 0.290 e. The van der Waals surface area contributed by atoms with Gasteiger partial charge >= 0.3 is 0 Å². The third-order valence-corrected chi connectivity index (χ3v) is 6.75. The fourth-order valence-electron chi connectivity index (χ4n) is 4.04. The van der Waals surface area contributed by atoms with Crippen molar-refractivity contribution in [1.82, 2.24) is 20.3 Å². The molecule has 4 heterocycles. The van der Waals surface area contributed by atoms with Crippen LogP contribution in [-0.4, -0.2) is 45.3 Å². The molecule has 0 radical (unpaired) electrons. The number of amides is 2. The molecule has 2 aliphatic heterocycles. The lowest BCUT2D eigenvalue weighted by Crippen LogP contribution is -2.38. The average Bonchev–Trinajstić information content (AvgIpc) is 3.23. The lowest BCUT2D eigenvalue weighted by atomic mass is 10.1. The SMILES string of the molecule is Cc1c(Oc2cccc(/C=C3\SC(=O)NC3=O)c2)ncnc1OC1CCN(c2cncc(C#N)c2)CC1. The van der Waals surface area contributed by atoms with Gasteiger partial charge in [-0.15, -0.1) is 0 Å². The van der Waals surface area contributed by atoms with Gasteiger partial charge in [0.1, 0.15) is 24.3 Å². The van der Waals surface area contributed by atoms with Gasteiger partial charge in [-0.2, -0.15) is 5.26 Å². The number of rotatable bonds is 6. The molecule has 10 nitrogen and oxygen atoms in total. The number of aromatic nitrogens is 3. The largest absolute Gasteiger partial charge is 0.474 e. The summed E-state index contributed by atoms with van der Waals surface area (Å²) in [6.45, 7) is 3.40. The number of nitriles is 1. The summed E-state index contributed by atoms with van der Waals surface area (Å²) < 4.78 is 12.2. The molecule has 1 N–H and O–H groups in total. The Hall–Kier alpha value is -4.43. The number of carbonyl (C=O) groups is 2. The normalized spacial score (nSPS) is 17.0. The van der Waals surface area contributed by atoms with Crippen molar-refractivity contribution in [2.45, 2.75) is 25.9 Å². The summed E-state index contributed by atoms with van der Waals surface area (Å²) in [6.07, 6.45) is 7.94. The molecule has 0 spiro atoms. The van der Waals surface area contributed by atoms with Gasteiger partial charge in [-0.05, 0) is 48.5 Å². The van der Waals surface area contributed by atoms with Crippen molar-refractivity contribution in [3.8, 4) is 23.6 Å². The predicted octanol–water partition coefficient (Wildman–Crippen LogP) is 4.22. The highest BCUT2D eigenvalue weighted by molar-refractivity contribution is 8.18. The van der Waals surface area contributed by atoms with Crippen LogP contribution >= 0.6 is 11.8 Å². The first kappa shape index (κ1) is 24.3. The third-order valence-electron chi connectivity index (χ3n) is 5.94. The second kappa shape index (κ2) is 10.7. The maximum atomic E-state index is 11.8. The summed E-state index contributed by atoms with van der Waals surface area (Å²) in [5.74, 6) is 0.952. The van der Waals surface area contributed by atoms with Crippen LogP contribution in [0.25, 0.3) is 6.08 Å². The molecule has 2 amide bonds. The zero-order valence-corrected chi connectivity index (χ0v) is 20.7. The fourth-order valence-corrected chi connectivity index (χ4v) is 4.73. The minimum Gasteiger partial charge on any atom is -0.474 e. The van der Waals surface area contributed by atoms with E-state index in [1.165, 1.54) is 6.33 Å². The molecule has 2 aliphatic rings. The number of pyridine rings is 1. The van der Waals surface area contributed by atoms with E-state index in [2.05, 4.69) is 31.2 Å². The fraction of sp³-hybridized carbons (Fsp3) is 0.231. The molecule has 37 heavy (non-hydrogen) atoms. The molecular weight excluding hydrogens is 492 g/mol. The number of benzene rings is 1. The van der Waals surface area contributed by atoms with Crippen LogP contribution in [-0.2, 0) is 4.79 Å². The number of hydrogen-bond donors (Lipinski definition) is 1. The van der Waals surface area contributed by atoms with Gasteiger partial charge in [0.05, 0.1) is 27.9 Å². The molecule has 5 rings (SSSR count). The quantitative estimate of drug-likeness (QED) is 0.477. The highest BCUT2D eigenvalue weighted by Gasteiger charge is 2.25. The van der Waals surface area contributed by atoms with Crippen molar-refractivity contribution in [1.29, 1.82) is 5.26 Å². The van der Waals surface area contributed by atoms with E-state index >= 15 is 0 Å². The summed E-state index contributed by atoms with van der Waals surface area (Å²) in [6, 6.07) is 11.1. The van der Waals surface area contributed by atoms with Crippen LogP contribution < -0.4 is 19.7 Å². The number of carbonyl (C=O) groups excluding carboxylic acids is 2. The van der Waals surface area contributed by atoms with Gasteiger partial charge in [-0.1, -0.05) is 12.1 Å². The Morgan fingerprint density at radius 2 is 1.97 bits per heavy atom. The summed E-state index contributed by atoms with van der Waals surface area (Å²) in [5.41, 5.74) is 2.87. The average molecular weight is 515 g/mol. The molecular formula is C26H22N6O4S. The molecule has 1 aromatic carbocycles. The number of ether oxygens (including phenoxy) is 2. The number of thioether (sulfide) groups is 1. The van der Waals surface area contributed by atoms with Crippen LogP contribution in [0.5, 0.6) is 17.5 Å². The second-order valence-corrected chi connectivity index (χ2v) is 9.50. The number of nitrogens with zero attached hydrogens (tertiary/aromatic N) is 5. The minimum absolute atomic E-state index is 0.0162. The Morgan fingerprint density at radius 1 is 1.16 bits per heavy atom. The van der Waals surface area contributed by atoms with E-state index in [1.807, 2.05) is 19.1 Å².